The van der Waals surface area contributed by atoms with E-state index in [-0.39, 0.29) is 36.4 Å². The molecule has 0 bridgehead atoms. The Morgan fingerprint density at radius 2 is 1.88 bits per heavy atom. The molecule has 1 aromatic carbocycles. The summed E-state index contributed by atoms with van der Waals surface area (Å²) in [5.74, 6) is -3.26. The molecular formula is C16H13F5N2OS. The van der Waals surface area contributed by atoms with Crippen LogP contribution in [0.4, 0.5) is 27.1 Å². The number of carbonyl (C=O) groups is 1. The van der Waals surface area contributed by atoms with Crippen LogP contribution in [0.1, 0.15) is 33.6 Å². The van der Waals surface area contributed by atoms with E-state index in [1.54, 1.807) is 4.90 Å². The number of benzene rings is 1. The lowest BCUT2D eigenvalue weighted by Gasteiger charge is -2.31. The summed E-state index contributed by atoms with van der Waals surface area (Å²) in [6, 6.07) is 4.16. The van der Waals surface area contributed by atoms with Crippen LogP contribution in [0.5, 0.6) is 0 Å². The molecule has 0 N–H and O–H groups in total. The summed E-state index contributed by atoms with van der Waals surface area (Å²) in [6.07, 6.45) is -3.84. The summed E-state index contributed by atoms with van der Waals surface area (Å²) in [7, 11) is 0. The number of hydrogen-bond donors (Lipinski definition) is 0. The number of carbonyl (C=O) groups excluding carboxylic acids is 1. The number of aromatic nitrogens is 1. The highest BCUT2D eigenvalue weighted by Crippen LogP contribution is 2.34. The van der Waals surface area contributed by atoms with Crippen LogP contribution < -0.4 is 4.90 Å². The highest BCUT2D eigenvalue weighted by atomic mass is 32.1. The van der Waals surface area contributed by atoms with E-state index in [0.717, 1.165) is 23.5 Å². The Kier molecular flexibility index (Phi) is 4.52. The summed E-state index contributed by atoms with van der Waals surface area (Å²) in [6.45, 7) is 0.245. The maximum absolute atomic E-state index is 13.2. The van der Waals surface area contributed by atoms with E-state index < -0.39 is 23.4 Å². The number of ketones is 1. The molecule has 0 radical (unpaired) electrons. The number of thiazole rings is 1. The zero-order valence-corrected chi connectivity index (χ0v) is 13.6. The third-order valence-corrected chi connectivity index (χ3v) is 4.99. The number of anilines is 1. The molecule has 3 rings (SSSR count). The van der Waals surface area contributed by atoms with Crippen LogP contribution >= 0.6 is 11.3 Å². The standard InChI is InChI=1S/C16H13F5N2OS/c17-15(18)4-6-23(7-5-15)14-22-9-12(25-14)13(24)10-2-1-3-11(8-10)16(19,20)21/h1-3,8-9H,4-7H2. The van der Waals surface area contributed by atoms with Gasteiger partial charge < -0.3 is 4.90 Å². The average Bonchev–Trinajstić information content (AvgIpc) is 3.03. The molecule has 0 saturated carbocycles. The second-order valence-corrected chi connectivity index (χ2v) is 6.77. The normalized spacial score (nSPS) is 17.6. The fourth-order valence-electron chi connectivity index (χ4n) is 2.52. The number of alkyl halides is 5. The zero-order chi connectivity index (χ0) is 18.2. The molecule has 1 aromatic heterocycles. The lowest BCUT2D eigenvalue weighted by Crippen LogP contribution is -2.39. The molecule has 1 fully saturated rings. The van der Waals surface area contributed by atoms with Crippen molar-refractivity contribution in [3.05, 3.63) is 46.5 Å². The van der Waals surface area contributed by atoms with Crippen LogP contribution in [0.25, 0.3) is 0 Å². The molecule has 0 aliphatic carbocycles. The summed E-state index contributed by atoms with van der Waals surface area (Å²) >= 11 is 0.995. The van der Waals surface area contributed by atoms with Crippen molar-refractivity contribution in [3.8, 4) is 0 Å². The minimum absolute atomic E-state index is 0.0878. The van der Waals surface area contributed by atoms with Gasteiger partial charge >= 0.3 is 6.18 Å². The van der Waals surface area contributed by atoms with Crippen LogP contribution in [0.15, 0.2) is 30.5 Å². The van der Waals surface area contributed by atoms with Crippen molar-refractivity contribution < 1.29 is 26.7 Å². The van der Waals surface area contributed by atoms with E-state index in [4.69, 9.17) is 0 Å². The van der Waals surface area contributed by atoms with Gasteiger partial charge in [0, 0.05) is 31.5 Å². The molecule has 0 spiro atoms. The monoisotopic (exact) mass is 376 g/mol. The largest absolute Gasteiger partial charge is 0.416 e. The van der Waals surface area contributed by atoms with Gasteiger partial charge in [0.05, 0.1) is 16.6 Å². The quantitative estimate of drug-likeness (QED) is 0.579. The molecule has 1 saturated heterocycles. The molecule has 2 heterocycles. The molecule has 2 aromatic rings. The fourth-order valence-corrected chi connectivity index (χ4v) is 3.45. The van der Waals surface area contributed by atoms with Gasteiger partial charge in [-0.25, -0.2) is 13.8 Å². The Morgan fingerprint density at radius 3 is 2.52 bits per heavy atom. The van der Waals surface area contributed by atoms with Gasteiger partial charge in [0.1, 0.15) is 0 Å². The van der Waals surface area contributed by atoms with Crippen LogP contribution in [-0.4, -0.2) is 29.8 Å². The Morgan fingerprint density at radius 1 is 1.20 bits per heavy atom. The van der Waals surface area contributed by atoms with Crippen molar-refractivity contribution in [3.63, 3.8) is 0 Å². The lowest BCUT2D eigenvalue weighted by molar-refractivity contribution is -0.137. The first-order chi connectivity index (χ1) is 11.7. The summed E-state index contributed by atoms with van der Waals surface area (Å²) < 4.78 is 64.6. The molecule has 25 heavy (non-hydrogen) atoms. The van der Waals surface area contributed by atoms with E-state index in [2.05, 4.69) is 4.98 Å². The minimum Gasteiger partial charge on any atom is -0.348 e. The maximum Gasteiger partial charge on any atom is 0.416 e. The van der Waals surface area contributed by atoms with Crippen molar-refractivity contribution in [2.45, 2.75) is 24.9 Å². The average molecular weight is 376 g/mol. The molecule has 3 nitrogen and oxygen atoms in total. The first-order valence-electron chi connectivity index (χ1n) is 7.46. The van der Waals surface area contributed by atoms with Gasteiger partial charge in [-0.2, -0.15) is 13.2 Å². The Balaban J connectivity index is 1.77. The van der Waals surface area contributed by atoms with Gasteiger partial charge in [-0.1, -0.05) is 23.5 Å². The van der Waals surface area contributed by atoms with Crippen molar-refractivity contribution in [2.75, 3.05) is 18.0 Å². The van der Waals surface area contributed by atoms with Crippen LogP contribution in [-0.2, 0) is 6.18 Å². The topological polar surface area (TPSA) is 33.2 Å². The summed E-state index contributed by atoms with van der Waals surface area (Å²) in [4.78, 5) is 18.3. The highest BCUT2D eigenvalue weighted by molar-refractivity contribution is 7.17. The first-order valence-corrected chi connectivity index (χ1v) is 8.28. The molecular weight excluding hydrogens is 363 g/mol. The Bertz CT molecular complexity index is 777. The molecule has 1 aliphatic rings. The van der Waals surface area contributed by atoms with Crippen molar-refractivity contribution >= 4 is 22.3 Å². The van der Waals surface area contributed by atoms with Crippen molar-refractivity contribution in [1.29, 1.82) is 0 Å². The van der Waals surface area contributed by atoms with Gasteiger partial charge in [-0.05, 0) is 12.1 Å². The van der Waals surface area contributed by atoms with E-state index in [0.29, 0.717) is 5.13 Å². The summed E-state index contributed by atoms with van der Waals surface area (Å²) in [5.41, 5.74) is -0.989. The number of rotatable bonds is 3. The number of piperidine rings is 1. The molecule has 9 heteroatoms. The first kappa shape index (κ1) is 17.8. The molecule has 0 amide bonds. The van der Waals surface area contributed by atoms with Gasteiger partial charge in [0.15, 0.2) is 5.13 Å². The number of hydrogen-bond acceptors (Lipinski definition) is 4. The van der Waals surface area contributed by atoms with Gasteiger partial charge in [0.2, 0.25) is 5.78 Å². The van der Waals surface area contributed by atoms with Crippen LogP contribution in [0, 0.1) is 0 Å². The third kappa shape index (κ3) is 3.97. The van der Waals surface area contributed by atoms with Crippen LogP contribution in [0.2, 0.25) is 0 Å². The maximum atomic E-state index is 13.2. The van der Waals surface area contributed by atoms with Gasteiger partial charge in [0.25, 0.3) is 5.92 Å². The third-order valence-electron chi connectivity index (χ3n) is 3.93. The second kappa shape index (κ2) is 6.36. The Labute approximate surface area is 144 Å². The number of nitrogens with zero attached hydrogens (tertiary/aromatic N) is 2. The van der Waals surface area contributed by atoms with E-state index in [1.165, 1.54) is 18.3 Å². The van der Waals surface area contributed by atoms with E-state index >= 15 is 0 Å². The minimum atomic E-state index is -4.53. The Hall–Kier alpha value is -2.03. The fraction of sp³-hybridized carbons (Fsp3) is 0.375. The van der Waals surface area contributed by atoms with Gasteiger partial charge in [-0.3, -0.25) is 4.79 Å². The predicted octanol–water partition coefficient (Wildman–Crippen LogP) is 4.63. The molecule has 0 atom stereocenters. The van der Waals surface area contributed by atoms with Crippen molar-refractivity contribution in [1.82, 2.24) is 4.98 Å². The van der Waals surface area contributed by atoms with Crippen LogP contribution in [0.3, 0.4) is 0 Å². The van der Waals surface area contributed by atoms with Crippen molar-refractivity contribution in [2.24, 2.45) is 0 Å². The second-order valence-electron chi connectivity index (χ2n) is 5.76. The summed E-state index contributed by atoms with van der Waals surface area (Å²) in [5, 5.41) is 0.422. The smallest absolute Gasteiger partial charge is 0.348 e. The SMILES string of the molecule is O=C(c1cccc(C(F)(F)F)c1)c1cnc(N2CCC(F)(F)CC2)s1. The molecule has 134 valence electrons. The lowest BCUT2D eigenvalue weighted by atomic mass is 10.1. The zero-order valence-electron chi connectivity index (χ0n) is 12.8. The number of halogens is 5. The van der Waals surface area contributed by atoms with Gasteiger partial charge in [-0.15, -0.1) is 0 Å². The van der Waals surface area contributed by atoms with E-state index in [9.17, 15) is 26.7 Å². The molecule has 1 aliphatic heterocycles. The highest BCUT2D eigenvalue weighted by Gasteiger charge is 2.35. The molecule has 0 unspecified atom stereocenters. The van der Waals surface area contributed by atoms with E-state index in [1.807, 2.05) is 0 Å². The predicted molar refractivity (Wildman–Crippen MR) is 83.4 cm³/mol.